The molecule has 3 rings (SSSR count). The first-order chi connectivity index (χ1) is 9.83. The Balaban J connectivity index is 1.69. The number of pyridine rings is 1. The Kier molecular flexibility index (Phi) is 4.19. The molecule has 1 N–H and O–H groups in total. The summed E-state index contributed by atoms with van der Waals surface area (Å²) in [6.07, 6.45) is 6.10. The zero-order valence-electron chi connectivity index (χ0n) is 11.2. The Morgan fingerprint density at radius 3 is 2.90 bits per heavy atom. The minimum absolute atomic E-state index is 0.480. The highest BCUT2D eigenvalue weighted by Gasteiger charge is 2.21. The van der Waals surface area contributed by atoms with Crippen molar-refractivity contribution in [2.75, 3.05) is 0 Å². The van der Waals surface area contributed by atoms with Crippen LogP contribution in [0.15, 0.2) is 42.7 Å². The molecule has 0 amide bonds. The van der Waals surface area contributed by atoms with Gasteiger partial charge in [0.1, 0.15) is 12.4 Å². The summed E-state index contributed by atoms with van der Waals surface area (Å²) < 4.78 is 5.89. The summed E-state index contributed by atoms with van der Waals surface area (Å²) in [5.41, 5.74) is 2.14. The minimum atomic E-state index is 0.480. The van der Waals surface area contributed by atoms with Gasteiger partial charge in [-0.15, -0.1) is 0 Å². The van der Waals surface area contributed by atoms with E-state index in [1.54, 1.807) is 12.4 Å². The Hall–Kier alpha value is -1.58. The Morgan fingerprint density at radius 2 is 2.15 bits per heavy atom. The summed E-state index contributed by atoms with van der Waals surface area (Å²) in [4.78, 5) is 4.08. The molecule has 0 spiro atoms. The van der Waals surface area contributed by atoms with Crippen LogP contribution in [0.3, 0.4) is 0 Å². The molecule has 104 valence electrons. The maximum absolute atomic E-state index is 6.26. The fourth-order valence-corrected chi connectivity index (χ4v) is 2.28. The Labute approximate surface area is 123 Å². The van der Waals surface area contributed by atoms with Crippen molar-refractivity contribution in [2.24, 2.45) is 0 Å². The Morgan fingerprint density at radius 1 is 1.25 bits per heavy atom. The molecule has 1 aliphatic rings. The molecule has 0 saturated heterocycles. The smallest absolute Gasteiger partial charge is 0.142 e. The van der Waals surface area contributed by atoms with Crippen LogP contribution in [0.4, 0.5) is 0 Å². The summed E-state index contributed by atoms with van der Waals surface area (Å²) in [5, 5.41) is 4.14. The highest BCUT2D eigenvalue weighted by molar-refractivity contribution is 6.32. The molecule has 1 aromatic heterocycles. The van der Waals surface area contributed by atoms with Crippen molar-refractivity contribution in [1.82, 2.24) is 10.3 Å². The van der Waals surface area contributed by atoms with Crippen LogP contribution in [0.25, 0.3) is 0 Å². The van der Waals surface area contributed by atoms with E-state index in [-0.39, 0.29) is 0 Å². The monoisotopic (exact) mass is 288 g/mol. The Bertz CT molecular complexity index is 570. The fraction of sp³-hybridized carbons (Fsp3) is 0.312. The SMILES string of the molecule is Clc1cccc(CNC2CC2)c1OCc1cccnc1. The van der Waals surface area contributed by atoms with Crippen LogP contribution < -0.4 is 10.1 Å². The predicted molar refractivity (Wildman–Crippen MR) is 79.9 cm³/mol. The molecule has 20 heavy (non-hydrogen) atoms. The second-order valence-corrected chi connectivity index (χ2v) is 5.44. The van der Waals surface area contributed by atoms with E-state index in [2.05, 4.69) is 16.4 Å². The van der Waals surface area contributed by atoms with Crippen molar-refractivity contribution >= 4 is 11.6 Å². The number of hydrogen-bond donors (Lipinski definition) is 1. The first-order valence-electron chi connectivity index (χ1n) is 6.85. The zero-order valence-corrected chi connectivity index (χ0v) is 11.9. The third-order valence-corrected chi connectivity index (χ3v) is 3.61. The summed E-state index contributed by atoms with van der Waals surface area (Å²) in [7, 11) is 0. The summed E-state index contributed by atoms with van der Waals surface area (Å²) >= 11 is 6.26. The van der Waals surface area contributed by atoms with Crippen LogP contribution in [0, 0.1) is 0 Å². The van der Waals surface area contributed by atoms with Crippen molar-refractivity contribution in [2.45, 2.75) is 32.0 Å². The summed E-state index contributed by atoms with van der Waals surface area (Å²) in [6.45, 7) is 1.28. The summed E-state index contributed by atoms with van der Waals surface area (Å²) in [6, 6.07) is 10.4. The maximum atomic E-state index is 6.26. The molecule has 0 radical (unpaired) electrons. The van der Waals surface area contributed by atoms with E-state index in [9.17, 15) is 0 Å². The van der Waals surface area contributed by atoms with Crippen molar-refractivity contribution < 1.29 is 4.74 Å². The predicted octanol–water partition coefficient (Wildman–Crippen LogP) is 3.57. The lowest BCUT2D eigenvalue weighted by Gasteiger charge is -2.13. The van der Waals surface area contributed by atoms with Gasteiger partial charge in [-0.1, -0.05) is 29.8 Å². The lowest BCUT2D eigenvalue weighted by molar-refractivity contribution is 0.302. The molecule has 1 saturated carbocycles. The van der Waals surface area contributed by atoms with Crippen molar-refractivity contribution in [3.63, 3.8) is 0 Å². The average molecular weight is 289 g/mol. The molecule has 0 atom stereocenters. The number of halogens is 1. The van der Waals surface area contributed by atoms with Gasteiger partial charge >= 0.3 is 0 Å². The van der Waals surface area contributed by atoms with Crippen molar-refractivity contribution in [3.05, 3.63) is 58.9 Å². The van der Waals surface area contributed by atoms with E-state index in [0.717, 1.165) is 23.4 Å². The molecule has 0 aliphatic heterocycles. The third kappa shape index (κ3) is 3.50. The van der Waals surface area contributed by atoms with Gasteiger partial charge < -0.3 is 10.1 Å². The van der Waals surface area contributed by atoms with Crippen LogP contribution in [0.5, 0.6) is 5.75 Å². The number of hydrogen-bond acceptors (Lipinski definition) is 3. The normalized spacial score (nSPS) is 14.2. The van der Waals surface area contributed by atoms with Crippen LogP contribution >= 0.6 is 11.6 Å². The van der Waals surface area contributed by atoms with Crippen LogP contribution in [0.1, 0.15) is 24.0 Å². The minimum Gasteiger partial charge on any atom is -0.487 e. The molecular weight excluding hydrogens is 272 g/mol. The van der Waals surface area contributed by atoms with Crippen LogP contribution in [-0.2, 0) is 13.2 Å². The van der Waals surface area contributed by atoms with Gasteiger partial charge in [0, 0.05) is 36.1 Å². The van der Waals surface area contributed by atoms with E-state index >= 15 is 0 Å². The molecule has 1 heterocycles. The van der Waals surface area contributed by atoms with Gasteiger partial charge in [0.05, 0.1) is 5.02 Å². The van der Waals surface area contributed by atoms with Gasteiger partial charge in [0.2, 0.25) is 0 Å². The van der Waals surface area contributed by atoms with Gasteiger partial charge in [-0.25, -0.2) is 0 Å². The molecule has 1 fully saturated rings. The van der Waals surface area contributed by atoms with Gasteiger partial charge in [-0.2, -0.15) is 0 Å². The molecular formula is C16H17ClN2O. The highest BCUT2D eigenvalue weighted by Crippen LogP contribution is 2.30. The number of nitrogens with one attached hydrogen (secondary N) is 1. The first-order valence-corrected chi connectivity index (χ1v) is 7.23. The van der Waals surface area contributed by atoms with Gasteiger partial charge in [-0.05, 0) is 25.0 Å². The zero-order chi connectivity index (χ0) is 13.8. The molecule has 0 unspecified atom stereocenters. The van der Waals surface area contributed by atoms with Crippen molar-refractivity contribution in [3.8, 4) is 5.75 Å². The lowest BCUT2D eigenvalue weighted by atomic mass is 10.2. The molecule has 1 aliphatic carbocycles. The highest BCUT2D eigenvalue weighted by atomic mass is 35.5. The number of aromatic nitrogens is 1. The first kappa shape index (κ1) is 13.4. The fourth-order valence-electron chi connectivity index (χ4n) is 2.04. The average Bonchev–Trinajstić information content (AvgIpc) is 3.29. The molecule has 2 aromatic rings. The number of ether oxygens (including phenoxy) is 1. The topological polar surface area (TPSA) is 34.1 Å². The molecule has 1 aromatic carbocycles. The number of nitrogens with zero attached hydrogens (tertiary/aromatic N) is 1. The number of para-hydroxylation sites is 1. The summed E-state index contributed by atoms with van der Waals surface area (Å²) in [5.74, 6) is 0.770. The van der Waals surface area contributed by atoms with E-state index in [0.29, 0.717) is 17.7 Å². The van der Waals surface area contributed by atoms with E-state index < -0.39 is 0 Å². The molecule has 4 heteroatoms. The standard InChI is InChI=1S/C16H17ClN2O/c17-15-5-1-4-13(10-19-14-6-7-14)16(15)20-11-12-3-2-8-18-9-12/h1-5,8-9,14,19H,6-7,10-11H2. The molecule has 0 bridgehead atoms. The van der Waals surface area contributed by atoms with Crippen LogP contribution in [0.2, 0.25) is 5.02 Å². The van der Waals surface area contributed by atoms with Crippen LogP contribution in [-0.4, -0.2) is 11.0 Å². The van der Waals surface area contributed by atoms with E-state index in [1.807, 2.05) is 24.3 Å². The quantitative estimate of drug-likeness (QED) is 0.882. The van der Waals surface area contributed by atoms with E-state index in [4.69, 9.17) is 16.3 Å². The lowest BCUT2D eigenvalue weighted by Crippen LogP contribution is -2.16. The number of benzene rings is 1. The largest absolute Gasteiger partial charge is 0.487 e. The third-order valence-electron chi connectivity index (χ3n) is 3.31. The van der Waals surface area contributed by atoms with Gasteiger partial charge in [-0.3, -0.25) is 4.98 Å². The van der Waals surface area contributed by atoms with Gasteiger partial charge in [0.15, 0.2) is 0 Å². The van der Waals surface area contributed by atoms with Crippen molar-refractivity contribution in [1.29, 1.82) is 0 Å². The second-order valence-electron chi connectivity index (χ2n) is 5.03. The maximum Gasteiger partial charge on any atom is 0.142 e. The number of rotatable bonds is 6. The second kappa shape index (κ2) is 6.25. The molecule has 3 nitrogen and oxygen atoms in total. The van der Waals surface area contributed by atoms with Gasteiger partial charge in [0.25, 0.3) is 0 Å². The van der Waals surface area contributed by atoms with E-state index in [1.165, 1.54) is 12.8 Å².